The van der Waals surface area contributed by atoms with Crippen molar-refractivity contribution in [3.05, 3.63) is 101 Å². The van der Waals surface area contributed by atoms with Crippen molar-refractivity contribution in [1.82, 2.24) is 4.90 Å². The Morgan fingerprint density at radius 2 is 1.68 bits per heavy atom. The predicted molar refractivity (Wildman–Crippen MR) is 110 cm³/mol. The lowest BCUT2D eigenvalue weighted by atomic mass is 9.98. The van der Waals surface area contributed by atoms with Crippen molar-refractivity contribution in [2.45, 2.75) is 18.9 Å². The first-order chi connectivity index (χ1) is 13.7. The zero-order chi connectivity index (χ0) is 19.3. The van der Waals surface area contributed by atoms with Crippen LogP contribution in [0.4, 0.5) is 10.1 Å². The maximum absolute atomic E-state index is 13.1. The number of rotatable bonds is 5. The third kappa shape index (κ3) is 4.22. The van der Waals surface area contributed by atoms with Crippen LogP contribution in [0.25, 0.3) is 0 Å². The van der Waals surface area contributed by atoms with Gasteiger partial charge in [0.05, 0.1) is 0 Å². The van der Waals surface area contributed by atoms with Crippen LogP contribution in [0, 0.1) is 5.82 Å². The van der Waals surface area contributed by atoms with E-state index in [0.717, 1.165) is 30.8 Å². The fourth-order valence-corrected chi connectivity index (χ4v) is 3.66. The van der Waals surface area contributed by atoms with Gasteiger partial charge in [-0.2, -0.15) is 0 Å². The van der Waals surface area contributed by atoms with E-state index in [9.17, 15) is 9.18 Å². The third-order valence-electron chi connectivity index (χ3n) is 5.29. The first-order valence-corrected chi connectivity index (χ1v) is 9.61. The fraction of sp³-hybridized carbons (Fsp3) is 0.208. The molecule has 1 amide bonds. The topological polar surface area (TPSA) is 32.3 Å². The summed E-state index contributed by atoms with van der Waals surface area (Å²) in [6.45, 7) is 2.16. The van der Waals surface area contributed by atoms with Gasteiger partial charge in [0.15, 0.2) is 0 Å². The zero-order valence-electron chi connectivity index (χ0n) is 15.6. The molecule has 1 saturated heterocycles. The van der Waals surface area contributed by atoms with E-state index in [-0.39, 0.29) is 17.6 Å². The Morgan fingerprint density at radius 1 is 0.964 bits per heavy atom. The van der Waals surface area contributed by atoms with Gasteiger partial charge in [0.25, 0.3) is 5.91 Å². The predicted octanol–water partition coefficient (Wildman–Crippen LogP) is 5.07. The minimum absolute atomic E-state index is 0.0548. The van der Waals surface area contributed by atoms with E-state index in [1.807, 2.05) is 59.5 Å². The molecule has 1 atom stereocenters. The molecule has 1 aliphatic heterocycles. The van der Waals surface area contributed by atoms with Gasteiger partial charge in [-0.1, -0.05) is 42.5 Å². The van der Waals surface area contributed by atoms with Crippen molar-refractivity contribution >= 4 is 11.6 Å². The molecule has 4 heteroatoms. The number of hydrogen-bond donors (Lipinski definition) is 1. The Labute approximate surface area is 164 Å². The van der Waals surface area contributed by atoms with Crippen molar-refractivity contribution in [2.24, 2.45) is 0 Å². The standard InChI is InChI=1S/C24H23FN2O/c25-22-10-6-19(7-11-22)21-14-15-27(17-21)24(28)20-8-12-23(13-9-20)26-16-18-4-2-1-3-5-18/h1-13,21,26H,14-17H2. The second-order valence-corrected chi connectivity index (χ2v) is 7.20. The number of halogens is 1. The number of nitrogens with one attached hydrogen (secondary N) is 1. The van der Waals surface area contributed by atoms with Crippen molar-refractivity contribution in [2.75, 3.05) is 18.4 Å². The van der Waals surface area contributed by atoms with Crippen LogP contribution in [0.15, 0.2) is 78.9 Å². The Hall–Kier alpha value is -3.14. The molecule has 0 aromatic heterocycles. The molecule has 3 aromatic rings. The van der Waals surface area contributed by atoms with Gasteiger partial charge in [-0.15, -0.1) is 0 Å². The molecule has 1 heterocycles. The minimum Gasteiger partial charge on any atom is -0.381 e. The molecule has 0 spiro atoms. The monoisotopic (exact) mass is 374 g/mol. The summed E-state index contributed by atoms with van der Waals surface area (Å²) in [5.74, 6) is 0.103. The van der Waals surface area contributed by atoms with Crippen LogP contribution in [0.1, 0.15) is 33.8 Å². The first kappa shape index (κ1) is 18.2. The Morgan fingerprint density at radius 3 is 2.39 bits per heavy atom. The van der Waals surface area contributed by atoms with Gasteiger partial charge < -0.3 is 10.2 Å². The van der Waals surface area contributed by atoms with E-state index in [2.05, 4.69) is 17.4 Å². The largest absolute Gasteiger partial charge is 0.381 e. The van der Waals surface area contributed by atoms with Crippen LogP contribution < -0.4 is 5.32 Å². The summed E-state index contributed by atoms with van der Waals surface area (Å²) in [5, 5.41) is 3.37. The SMILES string of the molecule is O=C(c1ccc(NCc2ccccc2)cc1)N1CCC(c2ccc(F)cc2)C1. The molecule has 1 aliphatic rings. The molecule has 0 saturated carbocycles. The number of likely N-dealkylation sites (tertiary alicyclic amines) is 1. The highest BCUT2D eigenvalue weighted by molar-refractivity contribution is 5.94. The second-order valence-electron chi connectivity index (χ2n) is 7.20. The van der Waals surface area contributed by atoms with Crippen LogP contribution in [-0.2, 0) is 6.54 Å². The molecule has 0 radical (unpaired) electrons. The number of benzene rings is 3. The molecule has 1 unspecified atom stereocenters. The minimum atomic E-state index is -0.226. The Kier molecular flexibility index (Phi) is 5.38. The lowest BCUT2D eigenvalue weighted by molar-refractivity contribution is 0.0791. The zero-order valence-corrected chi connectivity index (χ0v) is 15.6. The van der Waals surface area contributed by atoms with Crippen LogP contribution in [0.3, 0.4) is 0 Å². The summed E-state index contributed by atoms with van der Waals surface area (Å²) in [4.78, 5) is 14.7. The van der Waals surface area contributed by atoms with Gasteiger partial charge in [-0.3, -0.25) is 4.79 Å². The Bertz CT molecular complexity index is 923. The van der Waals surface area contributed by atoms with E-state index in [1.165, 1.54) is 17.7 Å². The van der Waals surface area contributed by atoms with E-state index >= 15 is 0 Å². The lowest BCUT2D eigenvalue weighted by Crippen LogP contribution is -2.28. The highest BCUT2D eigenvalue weighted by Crippen LogP contribution is 2.28. The van der Waals surface area contributed by atoms with Crippen molar-refractivity contribution in [3.8, 4) is 0 Å². The van der Waals surface area contributed by atoms with E-state index in [1.54, 1.807) is 0 Å². The number of amides is 1. The number of anilines is 1. The quantitative estimate of drug-likeness (QED) is 0.676. The molecule has 28 heavy (non-hydrogen) atoms. The van der Waals surface area contributed by atoms with Crippen LogP contribution in [-0.4, -0.2) is 23.9 Å². The van der Waals surface area contributed by atoms with E-state index in [4.69, 9.17) is 0 Å². The molecule has 3 aromatic carbocycles. The molecule has 4 rings (SSSR count). The van der Waals surface area contributed by atoms with Crippen molar-refractivity contribution in [1.29, 1.82) is 0 Å². The fourth-order valence-electron chi connectivity index (χ4n) is 3.66. The van der Waals surface area contributed by atoms with Crippen molar-refractivity contribution in [3.63, 3.8) is 0 Å². The van der Waals surface area contributed by atoms with Gasteiger partial charge in [0.1, 0.15) is 5.82 Å². The van der Waals surface area contributed by atoms with Gasteiger partial charge >= 0.3 is 0 Å². The normalized spacial score (nSPS) is 16.2. The second kappa shape index (κ2) is 8.26. The maximum atomic E-state index is 13.1. The summed E-state index contributed by atoms with van der Waals surface area (Å²) < 4.78 is 13.1. The first-order valence-electron chi connectivity index (χ1n) is 9.61. The van der Waals surface area contributed by atoms with Crippen molar-refractivity contribution < 1.29 is 9.18 Å². The summed E-state index contributed by atoms with van der Waals surface area (Å²) in [6, 6.07) is 24.5. The molecule has 1 N–H and O–H groups in total. The number of nitrogens with zero attached hydrogens (tertiary/aromatic N) is 1. The van der Waals surface area contributed by atoms with E-state index < -0.39 is 0 Å². The molecule has 0 aliphatic carbocycles. The van der Waals surface area contributed by atoms with Crippen LogP contribution in [0.5, 0.6) is 0 Å². The number of carbonyl (C=O) groups excluding carboxylic acids is 1. The molecule has 3 nitrogen and oxygen atoms in total. The van der Waals surface area contributed by atoms with Gasteiger partial charge in [-0.05, 0) is 53.9 Å². The molecule has 0 bridgehead atoms. The van der Waals surface area contributed by atoms with Gasteiger partial charge in [-0.25, -0.2) is 4.39 Å². The molecule has 142 valence electrons. The Balaban J connectivity index is 1.35. The van der Waals surface area contributed by atoms with E-state index in [0.29, 0.717) is 12.1 Å². The average Bonchev–Trinajstić information content (AvgIpc) is 3.24. The van der Waals surface area contributed by atoms with Crippen LogP contribution >= 0.6 is 0 Å². The van der Waals surface area contributed by atoms with Crippen LogP contribution in [0.2, 0.25) is 0 Å². The highest BCUT2D eigenvalue weighted by Gasteiger charge is 2.27. The smallest absolute Gasteiger partial charge is 0.253 e. The molecule has 1 fully saturated rings. The summed E-state index contributed by atoms with van der Waals surface area (Å²) in [6.07, 6.45) is 0.911. The summed E-state index contributed by atoms with van der Waals surface area (Å²) in [5.41, 5.74) is 4.00. The maximum Gasteiger partial charge on any atom is 0.253 e. The van der Waals surface area contributed by atoms with Gasteiger partial charge in [0.2, 0.25) is 0 Å². The number of carbonyl (C=O) groups is 1. The number of hydrogen-bond acceptors (Lipinski definition) is 2. The summed E-state index contributed by atoms with van der Waals surface area (Å²) >= 11 is 0. The average molecular weight is 374 g/mol. The third-order valence-corrected chi connectivity index (χ3v) is 5.29. The molecular formula is C24H23FN2O. The lowest BCUT2D eigenvalue weighted by Gasteiger charge is -2.17. The van der Waals surface area contributed by atoms with Gasteiger partial charge in [0, 0.05) is 36.8 Å². The highest BCUT2D eigenvalue weighted by atomic mass is 19.1. The molecular weight excluding hydrogens is 351 g/mol. The summed E-state index contributed by atoms with van der Waals surface area (Å²) in [7, 11) is 0.